The van der Waals surface area contributed by atoms with Gasteiger partial charge in [-0.3, -0.25) is 0 Å². The molecule has 1 saturated carbocycles. The highest BCUT2D eigenvalue weighted by Gasteiger charge is 2.37. The van der Waals surface area contributed by atoms with Gasteiger partial charge >= 0.3 is 0 Å². The van der Waals surface area contributed by atoms with Crippen LogP contribution >= 0.6 is 0 Å². The highest BCUT2D eigenvalue weighted by atomic mass is 16.5. The molecule has 0 N–H and O–H groups in total. The summed E-state index contributed by atoms with van der Waals surface area (Å²) in [6.45, 7) is 4.62. The van der Waals surface area contributed by atoms with E-state index in [1.165, 1.54) is 18.4 Å². The van der Waals surface area contributed by atoms with Crippen LogP contribution in [0, 0.1) is 11.8 Å². The Morgan fingerprint density at radius 1 is 1.62 bits per heavy atom. The van der Waals surface area contributed by atoms with Gasteiger partial charge in [-0.05, 0) is 43.1 Å². The largest absolute Gasteiger partial charge is 0.380 e. The van der Waals surface area contributed by atoms with E-state index in [1.54, 1.807) is 7.11 Å². The fourth-order valence-electron chi connectivity index (χ4n) is 3.58. The first-order valence-electron chi connectivity index (χ1n) is 6.23. The van der Waals surface area contributed by atoms with Crippen molar-refractivity contribution < 1.29 is 4.74 Å². The molecule has 0 saturated heterocycles. The third kappa shape index (κ3) is 2.60. The van der Waals surface area contributed by atoms with Crippen molar-refractivity contribution in [1.82, 2.24) is 0 Å². The van der Waals surface area contributed by atoms with E-state index in [1.807, 2.05) is 6.08 Å². The third-order valence-electron chi connectivity index (χ3n) is 3.90. The fraction of sp³-hybridized carbons (Fsp3) is 0.714. The number of hydrogen-bond donors (Lipinski definition) is 0. The van der Waals surface area contributed by atoms with Gasteiger partial charge in [-0.1, -0.05) is 23.9 Å². The molecule has 86 valence electrons. The van der Waals surface area contributed by atoms with Gasteiger partial charge in [0.1, 0.15) is 0 Å². The van der Waals surface area contributed by atoms with E-state index in [0.29, 0.717) is 5.92 Å². The summed E-state index contributed by atoms with van der Waals surface area (Å²) < 4.78 is 5.23. The van der Waals surface area contributed by atoms with Crippen LogP contribution in [0.3, 0.4) is 0 Å². The Morgan fingerprint density at radius 2 is 2.44 bits per heavy atom. The molecule has 3 unspecified atom stereocenters. The van der Waals surface area contributed by atoms with Crippen molar-refractivity contribution in [2.24, 2.45) is 11.8 Å². The predicted molar refractivity (Wildman–Crippen MR) is 68.7 cm³/mol. The minimum atomic E-state index is 0.00440. The third-order valence-corrected chi connectivity index (χ3v) is 3.90. The highest BCUT2D eigenvalue weighted by molar-refractivity contribution is 6.15. The second-order valence-electron chi connectivity index (χ2n) is 5.59. The van der Waals surface area contributed by atoms with Crippen LogP contribution in [-0.2, 0) is 4.74 Å². The number of fused-ring (bicyclic) bond motifs is 2. The van der Waals surface area contributed by atoms with Crippen LogP contribution in [0.25, 0.3) is 0 Å². The van der Waals surface area contributed by atoms with E-state index < -0.39 is 0 Å². The quantitative estimate of drug-likeness (QED) is 0.517. The van der Waals surface area contributed by atoms with Crippen molar-refractivity contribution in [3.05, 3.63) is 24.3 Å². The molecule has 2 aliphatic carbocycles. The molecule has 2 rings (SSSR count). The van der Waals surface area contributed by atoms with Crippen LogP contribution in [-0.4, -0.2) is 21.6 Å². The molecule has 0 heterocycles. The van der Waals surface area contributed by atoms with E-state index >= 15 is 0 Å². The minimum Gasteiger partial charge on any atom is -0.380 e. The number of methoxy groups -OCH3 is 1. The van der Waals surface area contributed by atoms with E-state index in [-0.39, 0.29) is 5.31 Å². The van der Waals surface area contributed by atoms with Crippen molar-refractivity contribution >= 4 is 7.85 Å². The molecule has 2 bridgehead atoms. The zero-order chi connectivity index (χ0) is 11.6. The molecular weight excluding hydrogens is 195 g/mol. The van der Waals surface area contributed by atoms with Gasteiger partial charge in [-0.15, -0.1) is 6.58 Å². The van der Waals surface area contributed by atoms with Crippen LogP contribution in [0.1, 0.15) is 32.1 Å². The molecule has 2 aliphatic rings. The predicted octanol–water partition coefficient (Wildman–Crippen LogP) is 3.28. The lowest BCUT2D eigenvalue weighted by Gasteiger charge is -2.44. The smallest absolute Gasteiger partial charge is 0.0750 e. The molecule has 2 radical (unpaired) electrons. The lowest BCUT2D eigenvalue weighted by atomic mass is 9.52. The molecule has 1 nitrogen and oxygen atoms in total. The first kappa shape index (κ1) is 12.0. The molecule has 0 amide bonds. The standard InChI is InChI=1S/C14H21BO/c1-3-4-14(15)8-11-5-12(9-14)7-13(6-11)10-16-2/h3,6,11-12H,1,4-5,7-10H2,2H3. The van der Waals surface area contributed by atoms with Crippen LogP contribution < -0.4 is 0 Å². The summed E-state index contributed by atoms with van der Waals surface area (Å²) in [6.07, 6.45) is 10.1. The Morgan fingerprint density at radius 3 is 3.06 bits per heavy atom. The molecule has 0 aliphatic heterocycles. The summed E-state index contributed by atoms with van der Waals surface area (Å²) in [4.78, 5) is 0. The Hall–Kier alpha value is -0.495. The first-order chi connectivity index (χ1) is 7.65. The van der Waals surface area contributed by atoms with Gasteiger partial charge in [-0.2, -0.15) is 0 Å². The summed E-state index contributed by atoms with van der Waals surface area (Å²) in [7, 11) is 8.22. The Balaban J connectivity index is 2.06. The van der Waals surface area contributed by atoms with E-state index in [0.717, 1.165) is 31.8 Å². The molecular formula is C14H21BO. The van der Waals surface area contributed by atoms with E-state index in [9.17, 15) is 0 Å². The summed E-state index contributed by atoms with van der Waals surface area (Å²) in [5.74, 6) is 1.43. The van der Waals surface area contributed by atoms with Crippen LogP contribution in [0.4, 0.5) is 0 Å². The molecule has 0 aromatic heterocycles. The van der Waals surface area contributed by atoms with Gasteiger partial charge in [0.2, 0.25) is 0 Å². The molecule has 16 heavy (non-hydrogen) atoms. The molecule has 0 spiro atoms. The Labute approximate surface area is 100 Å². The second-order valence-corrected chi connectivity index (χ2v) is 5.59. The molecule has 1 fully saturated rings. The van der Waals surface area contributed by atoms with Gasteiger partial charge < -0.3 is 4.74 Å². The number of hydrogen-bond acceptors (Lipinski definition) is 1. The highest BCUT2D eigenvalue weighted by Crippen LogP contribution is 2.52. The van der Waals surface area contributed by atoms with Crippen molar-refractivity contribution in [2.45, 2.75) is 37.4 Å². The van der Waals surface area contributed by atoms with E-state index in [2.05, 4.69) is 12.7 Å². The summed E-state index contributed by atoms with van der Waals surface area (Å²) in [5.41, 5.74) is 1.48. The zero-order valence-electron chi connectivity index (χ0n) is 10.2. The average Bonchev–Trinajstić information content (AvgIpc) is 2.15. The molecule has 3 atom stereocenters. The maximum atomic E-state index is 6.45. The van der Waals surface area contributed by atoms with Gasteiger partial charge in [0.05, 0.1) is 14.5 Å². The topological polar surface area (TPSA) is 9.23 Å². The zero-order valence-corrected chi connectivity index (χ0v) is 10.2. The summed E-state index contributed by atoms with van der Waals surface area (Å²) in [6, 6.07) is 0. The average molecular weight is 216 g/mol. The van der Waals surface area contributed by atoms with E-state index in [4.69, 9.17) is 12.6 Å². The molecule has 0 aromatic rings. The lowest BCUT2D eigenvalue weighted by Crippen LogP contribution is -2.31. The Kier molecular flexibility index (Phi) is 3.58. The molecule has 0 aromatic carbocycles. The van der Waals surface area contributed by atoms with Gasteiger partial charge in [-0.25, -0.2) is 0 Å². The SMILES string of the molecule is [B]C1(CC=C)CC2C=C(COC)CC(C2)C1. The first-order valence-corrected chi connectivity index (χ1v) is 6.23. The van der Waals surface area contributed by atoms with Crippen molar-refractivity contribution in [1.29, 1.82) is 0 Å². The van der Waals surface area contributed by atoms with Crippen molar-refractivity contribution in [3.8, 4) is 0 Å². The lowest BCUT2D eigenvalue weighted by molar-refractivity contribution is 0.187. The van der Waals surface area contributed by atoms with Crippen LogP contribution in [0.2, 0.25) is 5.31 Å². The van der Waals surface area contributed by atoms with Gasteiger partial charge in [0.15, 0.2) is 0 Å². The number of allylic oxidation sites excluding steroid dienone is 2. The number of ether oxygens (including phenoxy) is 1. The maximum absolute atomic E-state index is 6.45. The van der Waals surface area contributed by atoms with Crippen LogP contribution in [0.5, 0.6) is 0 Å². The second kappa shape index (κ2) is 4.79. The maximum Gasteiger partial charge on any atom is 0.0750 e. The molecule has 2 heteroatoms. The van der Waals surface area contributed by atoms with Gasteiger partial charge in [0.25, 0.3) is 0 Å². The van der Waals surface area contributed by atoms with Crippen LogP contribution in [0.15, 0.2) is 24.3 Å². The van der Waals surface area contributed by atoms with Crippen molar-refractivity contribution in [2.75, 3.05) is 13.7 Å². The van der Waals surface area contributed by atoms with Crippen molar-refractivity contribution in [3.63, 3.8) is 0 Å². The summed E-state index contributed by atoms with van der Waals surface area (Å²) in [5, 5.41) is 0.00440. The fourth-order valence-corrected chi connectivity index (χ4v) is 3.58. The summed E-state index contributed by atoms with van der Waals surface area (Å²) >= 11 is 0. The minimum absolute atomic E-state index is 0.00440. The monoisotopic (exact) mass is 216 g/mol. The Bertz CT molecular complexity index is 297. The van der Waals surface area contributed by atoms with Gasteiger partial charge in [0, 0.05) is 7.11 Å². The number of rotatable bonds is 4. The normalized spacial score (nSPS) is 37.9.